The van der Waals surface area contributed by atoms with Gasteiger partial charge in [0.2, 0.25) is 0 Å². The van der Waals surface area contributed by atoms with Gasteiger partial charge >= 0.3 is 5.97 Å². The summed E-state index contributed by atoms with van der Waals surface area (Å²) in [6, 6.07) is 10.9. The van der Waals surface area contributed by atoms with Gasteiger partial charge in [-0.2, -0.15) is 0 Å². The minimum Gasteiger partial charge on any atom is -0.466 e. The molecular weight excluding hydrogens is 322 g/mol. The zero-order valence-electron chi connectivity index (χ0n) is 11.1. The van der Waals surface area contributed by atoms with E-state index in [0.29, 0.717) is 12.4 Å². The summed E-state index contributed by atoms with van der Waals surface area (Å²) >= 11 is 3.39. The Bertz CT molecular complexity index is 577. The first-order valence-electron chi connectivity index (χ1n) is 6.37. The van der Waals surface area contributed by atoms with Crippen LogP contribution >= 0.6 is 15.9 Å². The number of ether oxygens (including phenoxy) is 1. The van der Waals surface area contributed by atoms with Crippen molar-refractivity contribution in [2.45, 2.75) is 19.4 Å². The molecule has 0 amide bonds. The third-order valence-electron chi connectivity index (χ3n) is 2.81. The van der Waals surface area contributed by atoms with E-state index >= 15 is 0 Å². The predicted molar refractivity (Wildman–Crippen MR) is 80.0 cm³/mol. The van der Waals surface area contributed by atoms with Crippen LogP contribution in [-0.2, 0) is 9.53 Å². The van der Waals surface area contributed by atoms with Crippen LogP contribution in [0.1, 0.15) is 25.1 Å². The lowest BCUT2D eigenvalue weighted by Crippen LogP contribution is -2.16. The lowest BCUT2D eigenvalue weighted by Gasteiger charge is -2.07. The number of hydrogen-bond acceptors (Lipinski definition) is 4. The number of furan rings is 1. The van der Waals surface area contributed by atoms with Crippen LogP contribution in [-0.4, -0.2) is 12.6 Å². The highest BCUT2D eigenvalue weighted by Crippen LogP contribution is 2.27. The monoisotopic (exact) mass is 337 g/mol. The first-order valence-corrected chi connectivity index (χ1v) is 7.16. The van der Waals surface area contributed by atoms with Gasteiger partial charge < -0.3 is 14.9 Å². The van der Waals surface area contributed by atoms with Crippen LogP contribution in [0.25, 0.3) is 11.3 Å². The Morgan fingerprint density at radius 2 is 2.00 bits per heavy atom. The second-order valence-electron chi connectivity index (χ2n) is 4.32. The van der Waals surface area contributed by atoms with Gasteiger partial charge in [0, 0.05) is 10.0 Å². The van der Waals surface area contributed by atoms with Crippen LogP contribution in [0.5, 0.6) is 0 Å². The van der Waals surface area contributed by atoms with Gasteiger partial charge in [-0.05, 0) is 31.2 Å². The molecule has 0 fully saturated rings. The van der Waals surface area contributed by atoms with Crippen molar-refractivity contribution in [1.82, 2.24) is 0 Å². The number of halogens is 1. The highest BCUT2D eigenvalue weighted by Gasteiger charge is 2.16. The van der Waals surface area contributed by atoms with Crippen molar-refractivity contribution in [2.75, 3.05) is 6.61 Å². The summed E-state index contributed by atoms with van der Waals surface area (Å²) in [7, 11) is 0. The quantitative estimate of drug-likeness (QED) is 0.845. The summed E-state index contributed by atoms with van der Waals surface area (Å²) in [4.78, 5) is 11.4. The Balaban J connectivity index is 2.08. The molecule has 106 valence electrons. The van der Waals surface area contributed by atoms with E-state index in [-0.39, 0.29) is 12.4 Å². The van der Waals surface area contributed by atoms with Gasteiger partial charge in [0.25, 0.3) is 0 Å². The van der Waals surface area contributed by atoms with Crippen LogP contribution in [0.2, 0.25) is 0 Å². The van der Waals surface area contributed by atoms with Gasteiger partial charge in [0.05, 0.1) is 19.1 Å². The molecule has 2 rings (SSSR count). The van der Waals surface area contributed by atoms with Crippen LogP contribution in [0, 0.1) is 0 Å². The summed E-state index contributed by atoms with van der Waals surface area (Å²) < 4.78 is 11.6. The van der Waals surface area contributed by atoms with E-state index < -0.39 is 6.04 Å². The molecule has 0 spiro atoms. The Hall–Kier alpha value is -1.59. The Morgan fingerprint density at radius 1 is 1.30 bits per heavy atom. The average Bonchev–Trinajstić information content (AvgIpc) is 2.89. The first-order chi connectivity index (χ1) is 9.60. The van der Waals surface area contributed by atoms with E-state index in [9.17, 15) is 4.79 Å². The minimum absolute atomic E-state index is 0.112. The zero-order chi connectivity index (χ0) is 14.5. The van der Waals surface area contributed by atoms with E-state index in [1.807, 2.05) is 30.3 Å². The van der Waals surface area contributed by atoms with Crippen molar-refractivity contribution in [1.29, 1.82) is 0 Å². The van der Waals surface area contributed by atoms with Gasteiger partial charge in [-0.1, -0.05) is 28.1 Å². The number of rotatable bonds is 5. The first kappa shape index (κ1) is 14.8. The standard InChI is InChI=1S/C15H16BrNO3/c1-2-19-15(18)9-12(17)14-8-7-13(20-14)10-3-5-11(16)6-4-10/h3-8,12H,2,9,17H2,1H3/t12-/m0/s1. The fourth-order valence-electron chi connectivity index (χ4n) is 1.82. The second-order valence-corrected chi connectivity index (χ2v) is 5.24. The number of nitrogens with two attached hydrogens (primary N) is 1. The smallest absolute Gasteiger partial charge is 0.307 e. The summed E-state index contributed by atoms with van der Waals surface area (Å²) in [5.74, 6) is 0.990. The van der Waals surface area contributed by atoms with Gasteiger partial charge in [-0.15, -0.1) is 0 Å². The third kappa shape index (κ3) is 3.71. The minimum atomic E-state index is -0.488. The molecular formula is C15H16BrNO3. The van der Waals surface area contributed by atoms with Gasteiger partial charge in [-0.3, -0.25) is 4.79 Å². The fraction of sp³-hybridized carbons (Fsp3) is 0.267. The molecule has 0 unspecified atom stereocenters. The molecule has 5 heteroatoms. The highest BCUT2D eigenvalue weighted by atomic mass is 79.9. The molecule has 0 bridgehead atoms. The molecule has 0 radical (unpaired) electrons. The number of hydrogen-bond donors (Lipinski definition) is 1. The molecule has 0 aliphatic heterocycles. The molecule has 0 saturated heterocycles. The molecule has 1 atom stereocenters. The van der Waals surface area contributed by atoms with Gasteiger partial charge in [-0.25, -0.2) is 0 Å². The summed E-state index contributed by atoms with van der Waals surface area (Å²) in [6.07, 6.45) is 0.112. The lowest BCUT2D eigenvalue weighted by molar-refractivity contribution is -0.143. The van der Waals surface area contributed by atoms with Crippen LogP contribution < -0.4 is 5.73 Å². The summed E-state index contributed by atoms with van der Waals surface area (Å²) in [5.41, 5.74) is 6.90. The third-order valence-corrected chi connectivity index (χ3v) is 3.34. The number of carbonyl (C=O) groups is 1. The average molecular weight is 338 g/mol. The molecule has 0 aliphatic carbocycles. The number of esters is 1. The maximum absolute atomic E-state index is 11.4. The van der Waals surface area contributed by atoms with Crippen molar-refractivity contribution in [3.8, 4) is 11.3 Å². The maximum Gasteiger partial charge on any atom is 0.307 e. The van der Waals surface area contributed by atoms with Crippen molar-refractivity contribution in [3.63, 3.8) is 0 Å². The Labute approximate surface area is 126 Å². The lowest BCUT2D eigenvalue weighted by atomic mass is 10.1. The molecule has 4 nitrogen and oxygen atoms in total. The van der Waals surface area contributed by atoms with Crippen LogP contribution in [0.3, 0.4) is 0 Å². The Morgan fingerprint density at radius 3 is 2.65 bits per heavy atom. The van der Waals surface area contributed by atoms with Crippen molar-refractivity contribution >= 4 is 21.9 Å². The summed E-state index contributed by atoms with van der Waals surface area (Å²) in [6.45, 7) is 2.12. The fourth-order valence-corrected chi connectivity index (χ4v) is 2.09. The Kier molecular flexibility index (Phi) is 4.98. The predicted octanol–water partition coefficient (Wildman–Crippen LogP) is 3.66. The molecule has 1 aromatic carbocycles. The largest absolute Gasteiger partial charge is 0.466 e. The molecule has 20 heavy (non-hydrogen) atoms. The summed E-state index contributed by atoms with van der Waals surface area (Å²) in [5, 5.41) is 0. The van der Waals surface area contributed by atoms with E-state index in [4.69, 9.17) is 14.9 Å². The molecule has 1 aromatic heterocycles. The zero-order valence-corrected chi connectivity index (χ0v) is 12.7. The molecule has 0 aliphatic rings. The normalized spacial score (nSPS) is 12.2. The molecule has 0 saturated carbocycles. The van der Waals surface area contributed by atoms with E-state index in [0.717, 1.165) is 15.8 Å². The molecule has 2 aromatic rings. The van der Waals surface area contributed by atoms with E-state index in [1.54, 1.807) is 13.0 Å². The maximum atomic E-state index is 11.4. The molecule has 1 heterocycles. The topological polar surface area (TPSA) is 65.5 Å². The van der Waals surface area contributed by atoms with E-state index in [2.05, 4.69) is 15.9 Å². The van der Waals surface area contributed by atoms with E-state index in [1.165, 1.54) is 0 Å². The van der Waals surface area contributed by atoms with Gasteiger partial charge in [0.15, 0.2) is 0 Å². The number of carbonyl (C=O) groups excluding carboxylic acids is 1. The highest BCUT2D eigenvalue weighted by molar-refractivity contribution is 9.10. The van der Waals surface area contributed by atoms with Crippen molar-refractivity contribution < 1.29 is 13.9 Å². The van der Waals surface area contributed by atoms with Crippen molar-refractivity contribution in [3.05, 3.63) is 46.6 Å². The van der Waals surface area contributed by atoms with Crippen molar-refractivity contribution in [2.24, 2.45) is 5.73 Å². The SMILES string of the molecule is CCOC(=O)C[C@H](N)c1ccc(-c2ccc(Br)cc2)o1. The van der Waals surface area contributed by atoms with Crippen LogP contribution in [0.15, 0.2) is 45.3 Å². The molecule has 2 N–H and O–H groups in total. The van der Waals surface area contributed by atoms with Crippen LogP contribution in [0.4, 0.5) is 0 Å². The second kappa shape index (κ2) is 6.72. The van der Waals surface area contributed by atoms with Gasteiger partial charge in [0.1, 0.15) is 11.5 Å². The number of benzene rings is 1.